The lowest BCUT2D eigenvalue weighted by atomic mass is 10.1. The summed E-state index contributed by atoms with van der Waals surface area (Å²) < 4.78 is 7.83. The van der Waals surface area contributed by atoms with E-state index in [0.717, 1.165) is 44.3 Å². The topological polar surface area (TPSA) is 54.7 Å². The first-order valence-corrected chi connectivity index (χ1v) is 11.1. The van der Waals surface area contributed by atoms with Crippen LogP contribution in [0, 0.1) is 5.92 Å². The van der Waals surface area contributed by atoms with Crippen molar-refractivity contribution >= 4 is 29.9 Å². The molecule has 7 heteroatoms. The fourth-order valence-electron chi connectivity index (χ4n) is 3.85. The van der Waals surface area contributed by atoms with Gasteiger partial charge in [-0.25, -0.2) is 9.67 Å². The van der Waals surface area contributed by atoms with Crippen molar-refractivity contribution in [3.05, 3.63) is 84.2 Å². The number of ether oxygens (including phenoxy) is 1. The fraction of sp³-hybridized carbons (Fsp3) is 0.360. The fourth-order valence-corrected chi connectivity index (χ4v) is 3.85. The van der Waals surface area contributed by atoms with Crippen molar-refractivity contribution in [3.63, 3.8) is 0 Å². The van der Waals surface area contributed by atoms with E-state index >= 15 is 0 Å². The molecule has 2 heterocycles. The Kier molecular flexibility index (Phi) is 9.55. The zero-order valence-corrected chi connectivity index (χ0v) is 20.9. The van der Waals surface area contributed by atoms with Crippen LogP contribution in [0.4, 0.5) is 0 Å². The Bertz CT molecular complexity index is 944. The number of benzene rings is 2. The van der Waals surface area contributed by atoms with Gasteiger partial charge in [-0.05, 0) is 42.7 Å². The van der Waals surface area contributed by atoms with Gasteiger partial charge in [0.2, 0.25) is 0 Å². The number of halogens is 1. The van der Waals surface area contributed by atoms with Crippen LogP contribution in [0.25, 0.3) is 5.69 Å². The van der Waals surface area contributed by atoms with Crippen molar-refractivity contribution in [1.29, 1.82) is 0 Å². The van der Waals surface area contributed by atoms with E-state index in [9.17, 15) is 0 Å². The number of rotatable bonds is 8. The van der Waals surface area contributed by atoms with Crippen LogP contribution in [-0.4, -0.2) is 46.9 Å². The van der Waals surface area contributed by atoms with Gasteiger partial charge in [0.05, 0.1) is 25.4 Å². The molecule has 0 saturated carbocycles. The number of nitrogens with one attached hydrogen (secondary N) is 1. The molecule has 1 unspecified atom stereocenters. The summed E-state index contributed by atoms with van der Waals surface area (Å²) in [6.45, 7) is 7.11. The molecule has 1 aromatic heterocycles. The molecule has 6 nitrogen and oxygen atoms in total. The molecule has 0 spiro atoms. The molecule has 170 valence electrons. The molecule has 1 saturated heterocycles. The van der Waals surface area contributed by atoms with E-state index in [1.165, 1.54) is 11.1 Å². The third-order valence-corrected chi connectivity index (χ3v) is 5.50. The second-order valence-corrected chi connectivity index (χ2v) is 7.89. The highest BCUT2D eigenvalue weighted by Gasteiger charge is 2.25. The van der Waals surface area contributed by atoms with Gasteiger partial charge >= 0.3 is 0 Å². The summed E-state index contributed by atoms with van der Waals surface area (Å²) in [5.41, 5.74) is 3.47. The lowest BCUT2D eigenvalue weighted by Gasteiger charge is -2.21. The number of aliphatic imine (C=N–C) groups is 1. The molecule has 0 amide bonds. The van der Waals surface area contributed by atoms with Gasteiger partial charge in [-0.2, -0.15) is 5.10 Å². The van der Waals surface area contributed by atoms with Gasteiger partial charge < -0.3 is 15.0 Å². The largest absolute Gasteiger partial charge is 0.376 e. The number of hydrogen-bond acceptors (Lipinski definition) is 3. The van der Waals surface area contributed by atoms with Crippen LogP contribution in [0.5, 0.6) is 0 Å². The molecule has 3 aromatic rings. The van der Waals surface area contributed by atoms with Gasteiger partial charge in [0.25, 0.3) is 0 Å². The molecule has 0 bridgehead atoms. The molecule has 0 aliphatic carbocycles. The zero-order chi connectivity index (χ0) is 21.3. The number of likely N-dealkylation sites (tertiary alicyclic amines) is 1. The maximum atomic E-state index is 5.97. The van der Waals surface area contributed by atoms with Crippen LogP contribution in [-0.2, 0) is 17.9 Å². The normalized spacial score (nSPS) is 16.1. The highest BCUT2D eigenvalue weighted by molar-refractivity contribution is 14.0. The summed E-state index contributed by atoms with van der Waals surface area (Å²) in [5, 5.41) is 7.73. The average Bonchev–Trinajstić information content (AvgIpc) is 3.50. The predicted octanol–water partition coefficient (Wildman–Crippen LogP) is 4.49. The first kappa shape index (κ1) is 24.3. The molecule has 32 heavy (non-hydrogen) atoms. The van der Waals surface area contributed by atoms with Crippen molar-refractivity contribution in [3.8, 4) is 5.69 Å². The molecule has 1 atom stereocenters. The third kappa shape index (κ3) is 6.80. The molecule has 2 aromatic carbocycles. The second kappa shape index (κ2) is 12.6. The SMILES string of the molecule is CCNC(=NCc1ccc(-n2cccn2)cc1)N1CCC(COCc2ccccc2)C1.I. The summed E-state index contributed by atoms with van der Waals surface area (Å²) in [6.07, 6.45) is 4.87. The molecule has 1 N–H and O–H groups in total. The molecule has 1 aliphatic heterocycles. The number of guanidine groups is 1. The number of aromatic nitrogens is 2. The van der Waals surface area contributed by atoms with Gasteiger partial charge in [-0.15, -0.1) is 24.0 Å². The van der Waals surface area contributed by atoms with Crippen LogP contribution < -0.4 is 5.32 Å². The predicted molar refractivity (Wildman–Crippen MR) is 140 cm³/mol. The molecule has 1 aliphatic rings. The monoisotopic (exact) mass is 545 g/mol. The average molecular weight is 545 g/mol. The first-order chi connectivity index (χ1) is 15.3. The summed E-state index contributed by atoms with van der Waals surface area (Å²) in [6, 6.07) is 20.7. The van der Waals surface area contributed by atoms with Crippen LogP contribution in [0.15, 0.2) is 78.0 Å². The summed E-state index contributed by atoms with van der Waals surface area (Å²) in [5.74, 6) is 1.53. The maximum Gasteiger partial charge on any atom is 0.194 e. The number of hydrogen-bond donors (Lipinski definition) is 1. The van der Waals surface area contributed by atoms with Crippen molar-refractivity contribution in [2.24, 2.45) is 10.9 Å². The lowest BCUT2D eigenvalue weighted by molar-refractivity contribution is 0.0906. The molecular weight excluding hydrogens is 513 g/mol. The Hall–Kier alpha value is -2.39. The van der Waals surface area contributed by atoms with Gasteiger partial charge in [0.1, 0.15) is 0 Å². The minimum atomic E-state index is 0. The van der Waals surface area contributed by atoms with E-state index < -0.39 is 0 Å². The smallest absolute Gasteiger partial charge is 0.194 e. The van der Waals surface area contributed by atoms with Crippen molar-refractivity contribution in [1.82, 2.24) is 20.0 Å². The van der Waals surface area contributed by atoms with E-state index in [0.29, 0.717) is 19.1 Å². The summed E-state index contributed by atoms with van der Waals surface area (Å²) >= 11 is 0. The van der Waals surface area contributed by atoms with Gasteiger partial charge in [-0.3, -0.25) is 0 Å². The second-order valence-electron chi connectivity index (χ2n) is 7.89. The Morgan fingerprint density at radius 2 is 1.91 bits per heavy atom. The van der Waals surface area contributed by atoms with Crippen molar-refractivity contribution < 1.29 is 4.74 Å². The van der Waals surface area contributed by atoms with E-state index in [2.05, 4.69) is 70.8 Å². The van der Waals surface area contributed by atoms with E-state index in [1.807, 2.05) is 23.0 Å². The van der Waals surface area contributed by atoms with Crippen LogP contribution in [0.1, 0.15) is 24.5 Å². The van der Waals surface area contributed by atoms with Gasteiger partial charge in [-0.1, -0.05) is 42.5 Å². The lowest BCUT2D eigenvalue weighted by Crippen LogP contribution is -2.40. The molecule has 1 fully saturated rings. The van der Waals surface area contributed by atoms with Gasteiger partial charge in [0, 0.05) is 37.9 Å². The van der Waals surface area contributed by atoms with E-state index in [1.54, 1.807) is 6.20 Å². The van der Waals surface area contributed by atoms with Crippen LogP contribution >= 0.6 is 24.0 Å². The minimum Gasteiger partial charge on any atom is -0.376 e. The molecule has 0 radical (unpaired) electrons. The maximum absolute atomic E-state index is 5.97. The van der Waals surface area contributed by atoms with Crippen LogP contribution in [0.3, 0.4) is 0 Å². The third-order valence-electron chi connectivity index (χ3n) is 5.50. The van der Waals surface area contributed by atoms with Crippen LogP contribution in [0.2, 0.25) is 0 Å². The quantitative estimate of drug-likeness (QED) is 0.258. The Morgan fingerprint density at radius 1 is 1.09 bits per heavy atom. The molecule has 4 rings (SSSR count). The summed E-state index contributed by atoms with van der Waals surface area (Å²) in [4.78, 5) is 7.25. The van der Waals surface area contributed by atoms with Crippen molar-refractivity contribution in [2.45, 2.75) is 26.5 Å². The zero-order valence-electron chi connectivity index (χ0n) is 18.6. The Balaban J connectivity index is 0.00000289. The molecular formula is C25H32IN5O. The highest BCUT2D eigenvalue weighted by Crippen LogP contribution is 2.18. The van der Waals surface area contributed by atoms with Crippen molar-refractivity contribution in [2.75, 3.05) is 26.2 Å². The Labute approximate surface area is 207 Å². The Morgan fingerprint density at radius 3 is 2.62 bits per heavy atom. The highest BCUT2D eigenvalue weighted by atomic mass is 127. The number of nitrogens with zero attached hydrogens (tertiary/aromatic N) is 4. The van der Waals surface area contributed by atoms with E-state index in [-0.39, 0.29) is 24.0 Å². The van der Waals surface area contributed by atoms with E-state index in [4.69, 9.17) is 9.73 Å². The van der Waals surface area contributed by atoms with Gasteiger partial charge in [0.15, 0.2) is 5.96 Å². The summed E-state index contributed by atoms with van der Waals surface area (Å²) in [7, 11) is 0. The first-order valence-electron chi connectivity index (χ1n) is 11.1. The standard InChI is InChI=1S/C25H31N5O.HI/c1-2-26-25(27-17-21-9-11-24(12-10-21)30-15-6-14-28-30)29-16-13-23(18-29)20-31-19-22-7-4-3-5-8-22;/h3-12,14-15,23H,2,13,16-20H2,1H3,(H,26,27);1H. The minimum absolute atomic E-state index is 0.